The van der Waals surface area contributed by atoms with Gasteiger partial charge in [0.2, 0.25) is 0 Å². The number of hydrogen-bond donors (Lipinski definition) is 0. The van der Waals surface area contributed by atoms with Crippen molar-refractivity contribution < 1.29 is 73.1 Å². The summed E-state index contributed by atoms with van der Waals surface area (Å²) in [7, 11) is 0. The summed E-state index contributed by atoms with van der Waals surface area (Å²) in [6.45, 7) is 0. The fourth-order valence-corrected chi connectivity index (χ4v) is 0. The maximum atomic E-state index is 0. The third-order valence-corrected chi connectivity index (χ3v) is 0. The third kappa shape index (κ3) is 92.3. The van der Waals surface area contributed by atoms with Gasteiger partial charge in [-0.15, -0.1) is 0 Å². The first-order valence-corrected chi connectivity index (χ1v) is 0. The van der Waals surface area contributed by atoms with Crippen LogP contribution in [0.4, 0.5) is 0 Å². The summed E-state index contributed by atoms with van der Waals surface area (Å²) in [4.78, 5) is 0. The number of rotatable bonds is 0. The van der Waals surface area contributed by atoms with Gasteiger partial charge in [0.25, 0.3) is 0 Å². The zero-order valence-electron chi connectivity index (χ0n) is 3.75. The minimum Gasteiger partial charge on any atom is -2.00 e. The summed E-state index contributed by atoms with van der Waals surface area (Å²) in [5.74, 6) is 0. The van der Waals surface area contributed by atoms with Crippen molar-refractivity contribution in [1.29, 1.82) is 0 Å². The Labute approximate surface area is 96.0 Å². The molecule has 0 bridgehead atoms. The molecule has 0 aromatic heterocycles. The van der Waals surface area contributed by atoms with Gasteiger partial charge in [0.1, 0.15) is 0 Å². The Morgan fingerprint density at radius 3 is 0.500 bits per heavy atom. The minimum absolute atomic E-state index is 0. The van der Waals surface area contributed by atoms with Gasteiger partial charge in [0, 0.05) is 0 Å². The monoisotopic (exact) mass is 354 g/mol. The molecule has 8 heteroatoms. The van der Waals surface area contributed by atoms with Crippen LogP contribution >= 0.6 is 0 Å². The molecule has 0 saturated heterocycles. The first-order valence-electron chi connectivity index (χ1n) is 0. The molecular formula is O5SnZnZr. The average Bonchev–Trinajstić information content (AvgIpc) is 0. The van der Waals surface area contributed by atoms with Crippen molar-refractivity contribution in [2.45, 2.75) is 0 Å². The Bertz CT molecular complexity index is 12.4. The van der Waals surface area contributed by atoms with Crippen molar-refractivity contribution >= 4 is 23.9 Å². The van der Waals surface area contributed by atoms with Gasteiger partial charge in [-0.25, -0.2) is 0 Å². The van der Waals surface area contributed by atoms with Gasteiger partial charge in [-0.1, -0.05) is 0 Å². The molecule has 0 aliphatic rings. The van der Waals surface area contributed by atoms with E-state index in [0.717, 1.165) is 0 Å². The molecule has 8 heavy (non-hydrogen) atoms. The molecule has 0 N–H and O–H groups in total. The molecule has 0 amide bonds. The van der Waals surface area contributed by atoms with E-state index in [4.69, 9.17) is 0 Å². The predicted molar refractivity (Wildman–Crippen MR) is 9.19 cm³/mol. The van der Waals surface area contributed by atoms with E-state index in [9.17, 15) is 0 Å². The van der Waals surface area contributed by atoms with Gasteiger partial charge in [0.05, 0.1) is 0 Å². The van der Waals surface area contributed by atoms with Crippen LogP contribution in [0.15, 0.2) is 0 Å². The number of hydrogen-bond acceptors (Lipinski definition) is 0. The molecule has 0 atom stereocenters. The van der Waals surface area contributed by atoms with Gasteiger partial charge in [0.15, 0.2) is 0 Å². The first-order chi connectivity index (χ1) is 0. The largest absolute Gasteiger partial charge is 4.00 e. The quantitative estimate of drug-likeness (QED) is 0.492. The van der Waals surface area contributed by atoms with E-state index in [1.54, 1.807) is 0 Å². The summed E-state index contributed by atoms with van der Waals surface area (Å²) in [6, 6.07) is 0. The van der Waals surface area contributed by atoms with Gasteiger partial charge >= 0.3 is 69.6 Å². The molecule has 0 rings (SSSR count). The Morgan fingerprint density at radius 1 is 0.500 bits per heavy atom. The summed E-state index contributed by atoms with van der Waals surface area (Å²) < 4.78 is 0. The van der Waals surface area contributed by atoms with E-state index in [1.165, 1.54) is 0 Å². The molecule has 0 heterocycles. The van der Waals surface area contributed by atoms with Crippen molar-refractivity contribution in [3.05, 3.63) is 0 Å². The summed E-state index contributed by atoms with van der Waals surface area (Å²) in [6.07, 6.45) is 0. The van der Waals surface area contributed by atoms with Gasteiger partial charge < -0.3 is 27.4 Å². The zero-order chi connectivity index (χ0) is 0. The van der Waals surface area contributed by atoms with Gasteiger partial charge in [-0.3, -0.25) is 0 Å². The second-order valence-electron chi connectivity index (χ2n) is 0. The van der Waals surface area contributed by atoms with Crippen molar-refractivity contribution in [2.24, 2.45) is 0 Å². The van der Waals surface area contributed by atoms with Crippen LogP contribution in [0.2, 0.25) is 0 Å². The van der Waals surface area contributed by atoms with E-state index in [0.29, 0.717) is 0 Å². The Morgan fingerprint density at radius 2 is 0.500 bits per heavy atom. The van der Waals surface area contributed by atoms with Crippen LogP contribution in [0, 0.1) is 0 Å². The third-order valence-electron chi connectivity index (χ3n) is 0. The normalized spacial score (nSPS) is 0. The maximum Gasteiger partial charge on any atom is 4.00 e. The Hall–Kier alpha value is 2.11. The van der Waals surface area contributed by atoms with E-state index in [2.05, 4.69) is 0 Å². The summed E-state index contributed by atoms with van der Waals surface area (Å²) in [5.41, 5.74) is 0. The molecule has 0 aliphatic heterocycles. The van der Waals surface area contributed by atoms with Gasteiger partial charge in [-0.05, 0) is 0 Å². The molecule has 5 nitrogen and oxygen atoms in total. The Kier molecular flexibility index (Phi) is 3190. The van der Waals surface area contributed by atoms with Crippen LogP contribution < -0.4 is 0 Å². The Balaban J connectivity index is 0. The van der Waals surface area contributed by atoms with Crippen molar-refractivity contribution in [3.63, 3.8) is 0 Å². The van der Waals surface area contributed by atoms with Crippen LogP contribution in [0.25, 0.3) is 0 Å². The van der Waals surface area contributed by atoms with Crippen LogP contribution in [-0.4, -0.2) is 23.9 Å². The molecular weight excluding hydrogens is 355 g/mol. The maximum absolute atomic E-state index is 0. The van der Waals surface area contributed by atoms with E-state index >= 15 is 0 Å². The molecule has 0 aromatic carbocycles. The molecule has 0 spiro atoms. The average molecular weight is 355 g/mol. The second-order valence-corrected chi connectivity index (χ2v) is 0. The molecule has 0 aliphatic carbocycles. The van der Waals surface area contributed by atoms with E-state index in [1.807, 2.05) is 0 Å². The smallest absolute Gasteiger partial charge is 2.00 e. The molecule has 0 aromatic rings. The van der Waals surface area contributed by atoms with Crippen molar-refractivity contribution in [2.75, 3.05) is 0 Å². The van der Waals surface area contributed by atoms with Gasteiger partial charge in [-0.2, -0.15) is 0 Å². The first kappa shape index (κ1) is 189. The van der Waals surface area contributed by atoms with Crippen LogP contribution in [-0.2, 0) is 73.1 Å². The topological polar surface area (TPSA) is 142 Å². The molecule has 0 unspecified atom stereocenters. The zero-order valence-corrected chi connectivity index (χ0v) is 12.0. The van der Waals surface area contributed by atoms with E-state index in [-0.39, 0.29) is 97.0 Å². The van der Waals surface area contributed by atoms with Crippen molar-refractivity contribution in [1.82, 2.24) is 0 Å². The van der Waals surface area contributed by atoms with Crippen LogP contribution in [0.5, 0.6) is 0 Å². The van der Waals surface area contributed by atoms with Crippen LogP contribution in [0.1, 0.15) is 0 Å². The standard InChI is InChI=1S/5O.Sn.Zn.Zr/q5*-2;+4;+2;+4. The molecule has 0 saturated carbocycles. The van der Waals surface area contributed by atoms with Crippen molar-refractivity contribution in [3.8, 4) is 0 Å². The van der Waals surface area contributed by atoms with E-state index < -0.39 is 0 Å². The fraction of sp³-hybridized carbons (Fsp3) is 0. The second kappa shape index (κ2) is 135. The summed E-state index contributed by atoms with van der Waals surface area (Å²) >= 11 is 0. The van der Waals surface area contributed by atoms with Crippen LogP contribution in [0.3, 0.4) is 0 Å². The SMILES string of the molecule is [O-2].[O-2].[O-2].[O-2].[O-2].[Sn+4].[Zn+2].[Zr+4]. The predicted octanol–water partition coefficient (Wildman–Crippen LogP) is -0.980. The minimum atomic E-state index is 0. The molecule has 0 fully saturated rings. The molecule has 40 valence electrons. The fourth-order valence-electron chi connectivity index (χ4n) is 0. The summed E-state index contributed by atoms with van der Waals surface area (Å²) in [5, 5.41) is 0. The molecule has 0 radical (unpaired) electrons.